The van der Waals surface area contributed by atoms with Crippen molar-refractivity contribution in [2.75, 3.05) is 50.1 Å². The molecule has 2 saturated heterocycles. The van der Waals surface area contributed by atoms with Crippen LogP contribution in [0.2, 0.25) is 0 Å². The number of alkyl halides is 3. The number of aromatic nitrogens is 3. The number of aromatic amines is 1. The minimum absolute atomic E-state index is 0.0428. The molecule has 2 aromatic heterocycles. The van der Waals surface area contributed by atoms with Gasteiger partial charge in [0, 0.05) is 62.3 Å². The topological polar surface area (TPSA) is 162 Å². The maximum atomic E-state index is 15.5. The molecule has 0 radical (unpaired) electrons. The maximum absolute atomic E-state index is 15.5. The second-order valence-corrected chi connectivity index (χ2v) is 14.3. The fraction of sp³-hybridized carbons (Fsp3) is 0.385. The first-order valence-electron chi connectivity index (χ1n) is 18.3. The van der Waals surface area contributed by atoms with Crippen LogP contribution in [0.3, 0.4) is 0 Å². The first-order chi connectivity index (χ1) is 27.1. The average molecular weight is 795 g/mol. The Kier molecular flexibility index (Phi) is 12.0. The number of nitrogens with zero attached hydrogens (tertiary/aromatic N) is 5. The molecule has 2 fully saturated rings. The van der Waals surface area contributed by atoms with Crippen molar-refractivity contribution in [3.8, 4) is 28.1 Å². The summed E-state index contributed by atoms with van der Waals surface area (Å²) in [6.07, 6.45) is -1.52. The number of piperazine rings is 1. The number of alkyl carbamates (subject to hydrolysis) is 1. The smallest absolute Gasteiger partial charge is 0.453 e. The highest BCUT2D eigenvalue weighted by molar-refractivity contribution is 6.04. The first-order valence-corrected chi connectivity index (χ1v) is 18.3. The molecule has 3 atom stereocenters. The van der Waals surface area contributed by atoms with E-state index in [1.54, 1.807) is 34.2 Å². The van der Waals surface area contributed by atoms with Gasteiger partial charge in [0.25, 0.3) is 5.91 Å². The molecule has 14 nitrogen and oxygen atoms in total. The lowest BCUT2D eigenvalue weighted by atomic mass is 10.0. The van der Waals surface area contributed by atoms with Gasteiger partial charge in [0.05, 0.1) is 30.1 Å². The van der Waals surface area contributed by atoms with E-state index in [9.17, 15) is 32.3 Å². The number of imidazole rings is 1. The molecule has 302 valence electrons. The number of nitrogens with one attached hydrogen (secondary N) is 3. The largest absolute Gasteiger partial charge is 0.573 e. The number of hydrogen-bond acceptors (Lipinski definition) is 9. The number of rotatable bonds is 11. The second kappa shape index (κ2) is 16.9. The number of likely N-dealkylation sites (tertiary alicyclic amines) is 1. The van der Waals surface area contributed by atoms with E-state index in [1.165, 1.54) is 31.5 Å². The predicted molar refractivity (Wildman–Crippen MR) is 201 cm³/mol. The lowest BCUT2D eigenvalue weighted by Gasteiger charge is -2.33. The summed E-state index contributed by atoms with van der Waals surface area (Å²) in [6, 6.07) is 9.66. The van der Waals surface area contributed by atoms with Gasteiger partial charge < -0.3 is 39.8 Å². The molecule has 0 spiro atoms. The zero-order chi connectivity index (χ0) is 41.0. The van der Waals surface area contributed by atoms with E-state index in [0.717, 1.165) is 18.5 Å². The molecule has 2 aliphatic rings. The zero-order valence-electron chi connectivity index (χ0n) is 31.6. The van der Waals surface area contributed by atoms with Crippen molar-refractivity contribution in [2.45, 2.75) is 45.6 Å². The summed E-state index contributed by atoms with van der Waals surface area (Å²) < 4.78 is 65.3. The Morgan fingerprint density at radius 1 is 1.02 bits per heavy atom. The number of benzene rings is 2. The molecular weight excluding hydrogens is 752 g/mol. The highest BCUT2D eigenvalue weighted by atomic mass is 19.4. The van der Waals surface area contributed by atoms with E-state index >= 15 is 4.39 Å². The second-order valence-electron chi connectivity index (χ2n) is 14.3. The maximum Gasteiger partial charge on any atom is 0.573 e. The SMILES string of the molecule is COC(=O)N[C@H](C(=O)N1CC(C)CC1c1nc(-c2ccc(-c3cc(F)c(NC(=O)c4ccc(N5CCN(C=O)CC5)nc4)cc3OC(F)(F)F)cc2)c[nH]1)C(C)C. The fourth-order valence-corrected chi connectivity index (χ4v) is 6.94. The monoisotopic (exact) mass is 794 g/mol. The van der Waals surface area contributed by atoms with Gasteiger partial charge in [-0.3, -0.25) is 14.4 Å². The Bertz CT molecular complexity index is 2090. The summed E-state index contributed by atoms with van der Waals surface area (Å²) in [4.78, 5) is 67.1. The molecule has 4 amide bonds. The van der Waals surface area contributed by atoms with E-state index in [1.807, 2.05) is 25.7 Å². The third kappa shape index (κ3) is 9.44. The number of anilines is 2. The number of methoxy groups -OCH3 is 1. The molecule has 0 bridgehead atoms. The van der Waals surface area contributed by atoms with Crippen LogP contribution in [0.5, 0.6) is 5.75 Å². The van der Waals surface area contributed by atoms with Gasteiger partial charge in [-0.05, 0) is 42.0 Å². The lowest BCUT2D eigenvalue weighted by molar-refractivity contribution is -0.274. The van der Waals surface area contributed by atoms with Gasteiger partial charge in [-0.1, -0.05) is 45.0 Å². The summed E-state index contributed by atoms with van der Waals surface area (Å²) in [7, 11) is 1.23. The molecule has 4 heterocycles. The number of halogens is 4. The van der Waals surface area contributed by atoms with Crippen molar-refractivity contribution in [1.82, 2.24) is 30.1 Å². The Morgan fingerprint density at radius 3 is 2.33 bits per heavy atom. The number of pyridine rings is 1. The third-order valence-electron chi connectivity index (χ3n) is 9.93. The minimum Gasteiger partial charge on any atom is -0.453 e. The van der Waals surface area contributed by atoms with Crippen LogP contribution >= 0.6 is 0 Å². The number of carbonyl (C=O) groups excluding carboxylic acids is 4. The van der Waals surface area contributed by atoms with Crippen molar-refractivity contribution >= 4 is 35.8 Å². The quantitative estimate of drug-likeness (QED) is 0.122. The molecule has 4 aromatic rings. The van der Waals surface area contributed by atoms with E-state index < -0.39 is 47.7 Å². The number of carbonyl (C=O) groups is 4. The first kappa shape index (κ1) is 40.5. The standard InChI is InChI=1S/C39H42F4N8O6/c1-22(2)34(48-38(55)56-4)37(54)51-20-23(3)15-31(51)35-45-19-30(46-35)25-7-5-24(6-8-25)27-16-28(40)29(17-32(27)57-39(41,42)43)47-36(53)26-9-10-33(44-18-26)50-13-11-49(21-52)12-14-50/h5-10,16-19,21-23,31,34H,11-15,20H2,1-4H3,(H,45,46)(H,47,53)(H,48,55)/t23?,31?,34-/m0/s1. The lowest BCUT2D eigenvalue weighted by Crippen LogP contribution is -2.51. The molecule has 2 aliphatic heterocycles. The van der Waals surface area contributed by atoms with Crippen LogP contribution in [-0.4, -0.2) is 101 Å². The Morgan fingerprint density at radius 2 is 1.72 bits per heavy atom. The number of H-pyrrole nitrogens is 1. The van der Waals surface area contributed by atoms with E-state index in [4.69, 9.17) is 9.72 Å². The van der Waals surface area contributed by atoms with Crippen molar-refractivity contribution in [3.05, 3.63) is 78.1 Å². The van der Waals surface area contributed by atoms with Crippen LogP contribution in [0.15, 0.2) is 60.9 Å². The summed E-state index contributed by atoms with van der Waals surface area (Å²) in [5, 5.41) is 4.94. The summed E-state index contributed by atoms with van der Waals surface area (Å²) in [6.45, 7) is 8.24. The number of hydrogen-bond donors (Lipinski definition) is 3. The molecule has 18 heteroatoms. The van der Waals surface area contributed by atoms with Crippen molar-refractivity contribution in [1.29, 1.82) is 0 Å². The van der Waals surface area contributed by atoms with Gasteiger partial charge in [-0.15, -0.1) is 13.2 Å². The molecule has 0 aliphatic carbocycles. The molecule has 0 saturated carbocycles. The summed E-state index contributed by atoms with van der Waals surface area (Å²) in [5.41, 5.74) is 0.567. The van der Waals surface area contributed by atoms with Gasteiger partial charge >= 0.3 is 12.5 Å². The van der Waals surface area contributed by atoms with Crippen LogP contribution in [0.25, 0.3) is 22.4 Å². The van der Waals surface area contributed by atoms with Crippen LogP contribution in [0, 0.1) is 17.7 Å². The molecule has 6 rings (SSSR count). The molecule has 3 N–H and O–H groups in total. The summed E-state index contributed by atoms with van der Waals surface area (Å²) in [5.74, 6) is -1.78. The van der Waals surface area contributed by atoms with Crippen molar-refractivity contribution < 1.29 is 46.2 Å². The average Bonchev–Trinajstić information content (AvgIpc) is 3.84. The Labute approximate surface area is 325 Å². The summed E-state index contributed by atoms with van der Waals surface area (Å²) >= 11 is 0. The Balaban J connectivity index is 1.19. The Hall–Kier alpha value is -6.20. The van der Waals surface area contributed by atoms with Gasteiger partial charge in [-0.2, -0.15) is 0 Å². The van der Waals surface area contributed by atoms with Crippen LogP contribution < -0.4 is 20.3 Å². The number of ether oxygens (including phenoxy) is 2. The molecular formula is C39H42F4N8O6. The fourth-order valence-electron chi connectivity index (χ4n) is 6.94. The minimum atomic E-state index is -5.13. The van der Waals surface area contributed by atoms with E-state index in [2.05, 4.69) is 25.3 Å². The highest BCUT2D eigenvalue weighted by Crippen LogP contribution is 2.39. The van der Waals surface area contributed by atoms with E-state index in [-0.39, 0.29) is 34.4 Å². The predicted octanol–water partition coefficient (Wildman–Crippen LogP) is 6.00. The van der Waals surface area contributed by atoms with Gasteiger partial charge in [0.2, 0.25) is 12.3 Å². The van der Waals surface area contributed by atoms with Crippen LogP contribution in [0.1, 0.15) is 49.4 Å². The van der Waals surface area contributed by atoms with Gasteiger partial charge in [0.1, 0.15) is 29.3 Å². The van der Waals surface area contributed by atoms with Crippen LogP contribution in [0.4, 0.5) is 33.9 Å². The van der Waals surface area contributed by atoms with E-state index in [0.29, 0.717) is 62.0 Å². The van der Waals surface area contributed by atoms with Crippen molar-refractivity contribution in [3.63, 3.8) is 0 Å². The molecule has 57 heavy (non-hydrogen) atoms. The molecule has 2 aromatic carbocycles. The normalized spacial score (nSPS) is 17.7. The zero-order valence-corrected chi connectivity index (χ0v) is 31.6. The highest BCUT2D eigenvalue weighted by Gasteiger charge is 2.40. The third-order valence-corrected chi connectivity index (χ3v) is 9.93. The molecule has 2 unspecified atom stereocenters. The van der Waals surface area contributed by atoms with Crippen LogP contribution in [-0.2, 0) is 14.3 Å². The van der Waals surface area contributed by atoms with Gasteiger partial charge in [0.15, 0.2) is 0 Å². The number of amides is 4. The van der Waals surface area contributed by atoms with Crippen molar-refractivity contribution in [2.24, 2.45) is 11.8 Å². The van der Waals surface area contributed by atoms with Gasteiger partial charge in [-0.25, -0.2) is 19.2 Å².